The van der Waals surface area contributed by atoms with Crippen LogP contribution in [0.25, 0.3) is 0 Å². The Morgan fingerprint density at radius 1 is 1.23 bits per heavy atom. The summed E-state index contributed by atoms with van der Waals surface area (Å²) in [5.74, 6) is 2.15. The molecule has 1 saturated heterocycles. The molecule has 5 heteroatoms. The van der Waals surface area contributed by atoms with Crippen molar-refractivity contribution < 1.29 is 9.47 Å². The molecule has 5 nitrogen and oxygen atoms in total. The molecule has 0 unspecified atom stereocenters. The normalized spacial score (nSPS) is 20.3. The molecule has 1 N–H and O–H groups in total. The average molecular weight is 355 g/mol. The van der Waals surface area contributed by atoms with Gasteiger partial charge < -0.3 is 14.8 Å². The first-order valence-electron chi connectivity index (χ1n) is 9.16. The second-order valence-corrected chi connectivity index (χ2v) is 7.03. The predicted molar refractivity (Wildman–Crippen MR) is 104 cm³/mol. The number of nitrogens with one attached hydrogen (secondary N) is 1. The first-order valence-corrected chi connectivity index (χ1v) is 9.16. The van der Waals surface area contributed by atoms with Crippen molar-refractivity contribution in [1.29, 1.82) is 0 Å². The van der Waals surface area contributed by atoms with E-state index in [9.17, 15) is 0 Å². The van der Waals surface area contributed by atoms with Crippen LogP contribution < -0.4 is 14.8 Å². The van der Waals surface area contributed by atoms with Crippen LogP contribution in [0, 0.1) is 12.8 Å². The summed E-state index contributed by atoms with van der Waals surface area (Å²) in [6.07, 6.45) is 5.04. The van der Waals surface area contributed by atoms with E-state index in [2.05, 4.69) is 41.3 Å². The second kappa shape index (κ2) is 8.52. The zero-order valence-electron chi connectivity index (χ0n) is 16.2. The van der Waals surface area contributed by atoms with Gasteiger partial charge in [-0.15, -0.1) is 0 Å². The number of nitrogens with zero attached hydrogens (tertiary/aromatic N) is 2. The molecule has 2 aromatic rings. The van der Waals surface area contributed by atoms with Gasteiger partial charge in [0.05, 0.1) is 14.2 Å². The molecule has 0 saturated carbocycles. The Kier molecular flexibility index (Phi) is 6.12. The summed E-state index contributed by atoms with van der Waals surface area (Å²) < 4.78 is 10.8. The van der Waals surface area contributed by atoms with Gasteiger partial charge in [0, 0.05) is 31.5 Å². The number of aromatic nitrogens is 1. The van der Waals surface area contributed by atoms with Crippen molar-refractivity contribution in [3.63, 3.8) is 0 Å². The van der Waals surface area contributed by atoms with E-state index in [1.807, 2.05) is 24.5 Å². The SMILES string of the molecule is COc1cc(C)c(CNC[C@@H]2CCN(C)[C@H]2c2cccnc2)cc1OC. The Morgan fingerprint density at radius 3 is 2.69 bits per heavy atom. The number of hydrogen-bond donors (Lipinski definition) is 1. The van der Waals surface area contributed by atoms with Crippen LogP contribution in [0.5, 0.6) is 11.5 Å². The van der Waals surface area contributed by atoms with Crippen LogP contribution in [0.15, 0.2) is 36.7 Å². The van der Waals surface area contributed by atoms with Gasteiger partial charge >= 0.3 is 0 Å². The fourth-order valence-corrected chi connectivity index (χ4v) is 3.92. The number of aryl methyl sites for hydroxylation is 1. The maximum absolute atomic E-state index is 5.43. The van der Waals surface area contributed by atoms with Crippen LogP contribution in [0.2, 0.25) is 0 Å². The average Bonchev–Trinajstić information content (AvgIpc) is 3.03. The molecule has 140 valence electrons. The highest BCUT2D eigenvalue weighted by Crippen LogP contribution is 2.35. The summed E-state index contributed by atoms with van der Waals surface area (Å²) in [6.45, 7) is 5.05. The van der Waals surface area contributed by atoms with Crippen molar-refractivity contribution in [3.8, 4) is 11.5 Å². The molecular weight excluding hydrogens is 326 g/mol. The summed E-state index contributed by atoms with van der Waals surface area (Å²) in [6, 6.07) is 8.75. The van der Waals surface area contributed by atoms with Gasteiger partial charge in [-0.1, -0.05) is 6.07 Å². The Labute approximate surface area is 156 Å². The Morgan fingerprint density at radius 2 is 2.00 bits per heavy atom. The highest BCUT2D eigenvalue weighted by Gasteiger charge is 2.32. The maximum atomic E-state index is 5.43. The van der Waals surface area contributed by atoms with Gasteiger partial charge in [-0.3, -0.25) is 9.88 Å². The van der Waals surface area contributed by atoms with E-state index in [0.29, 0.717) is 12.0 Å². The van der Waals surface area contributed by atoms with E-state index >= 15 is 0 Å². The highest BCUT2D eigenvalue weighted by molar-refractivity contribution is 5.47. The van der Waals surface area contributed by atoms with Gasteiger partial charge in [0.15, 0.2) is 11.5 Å². The molecule has 1 aliphatic heterocycles. The molecule has 2 atom stereocenters. The van der Waals surface area contributed by atoms with Crippen LogP contribution in [0.1, 0.15) is 29.2 Å². The van der Waals surface area contributed by atoms with Crippen molar-refractivity contribution in [2.24, 2.45) is 5.92 Å². The lowest BCUT2D eigenvalue weighted by Gasteiger charge is -2.25. The Bertz CT molecular complexity index is 721. The van der Waals surface area contributed by atoms with Crippen LogP contribution in [0.3, 0.4) is 0 Å². The molecular formula is C21H29N3O2. The standard InChI is InChI=1S/C21H29N3O2/c1-15-10-19(25-3)20(26-4)11-18(15)14-23-13-17-7-9-24(2)21(17)16-6-5-8-22-12-16/h5-6,8,10-12,17,21,23H,7,9,13-14H2,1-4H3/t17-,21-/m0/s1. The van der Waals surface area contributed by atoms with Crippen molar-refractivity contribution in [2.45, 2.75) is 25.9 Å². The Balaban J connectivity index is 1.64. The van der Waals surface area contributed by atoms with Crippen molar-refractivity contribution in [3.05, 3.63) is 53.3 Å². The first-order chi connectivity index (χ1) is 12.6. The van der Waals surface area contributed by atoms with E-state index in [1.54, 1.807) is 14.2 Å². The lowest BCUT2D eigenvalue weighted by molar-refractivity contribution is 0.271. The fourth-order valence-electron chi connectivity index (χ4n) is 3.92. The molecule has 1 fully saturated rings. The van der Waals surface area contributed by atoms with E-state index in [0.717, 1.165) is 31.1 Å². The van der Waals surface area contributed by atoms with Crippen LogP contribution in [-0.4, -0.2) is 44.2 Å². The van der Waals surface area contributed by atoms with Crippen LogP contribution in [0.4, 0.5) is 0 Å². The number of likely N-dealkylation sites (tertiary alicyclic amines) is 1. The van der Waals surface area contributed by atoms with Crippen molar-refractivity contribution in [1.82, 2.24) is 15.2 Å². The highest BCUT2D eigenvalue weighted by atomic mass is 16.5. The number of methoxy groups -OCH3 is 2. The second-order valence-electron chi connectivity index (χ2n) is 7.03. The number of pyridine rings is 1. The van der Waals surface area contributed by atoms with E-state index < -0.39 is 0 Å². The molecule has 2 heterocycles. The van der Waals surface area contributed by atoms with Gasteiger partial charge in [0.1, 0.15) is 0 Å². The first kappa shape index (κ1) is 18.7. The number of ether oxygens (including phenoxy) is 2. The largest absolute Gasteiger partial charge is 0.493 e. The summed E-state index contributed by atoms with van der Waals surface area (Å²) in [5.41, 5.74) is 3.76. The molecule has 1 aromatic carbocycles. The van der Waals surface area contributed by atoms with E-state index in [1.165, 1.54) is 23.1 Å². The predicted octanol–water partition coefficient (Wildman–Crippen LogP) is 3.19. The van der Waals surface area contributed by atoms with Crippen LogP contribution in [-0.2, 0) is 6.54 Å². The van der Waals surface area contributed by atoms with Crippen LogP contribution >= 0.6 is 0 Å². The van der Waals surface area contributed by atoms with E-state index in [-0.39, 0.29) is 0 Å². The third kappa shape index (κ3) is 4.00. The lowest BCUT2D eigenvalue weighted by atomic mass is 9.94. The van der Waals surface area contributed by atoms with Gasteiger partial charge in [-0.2, -0.15) is 0 Å². The number of rotatable bonds is 7. The van der Waals surface area contributed by atoms with Gasteiger partial charge in [0.25, 0.3) is 0 Å². The zero-order chi connectivity index (χ0) is 18.5. The Hall–Kier alpha value is -2.11. The molecule has 3 rings (SSSR count). The van der Waals surface area contributed by atoms with E-state index in [4.69, 9.17) is 9.47 Å². The minimum atomic E-state index is 0.433. The number of hydrogen-bond acceptors (Lipinski definition) is 5. The topological polar surface area (TPSA) is 46.6 Å². The molecule has 0 radical (unpaired) electrons. The molecule has 0 amide bonds. The maximum Gasteiger partial charge on any atom is 0.161 e. The molecule has 0 spiro atoms. The third-order valence-corrected chi connectivity index (χ3v) is 5.36. The number of benzene rings is 1. The summed E-state index contributed by atoms with van der Waals surface area (Å²) in [5, 5.41) is 3.65. The molecule has 0 bridgehead atoms. The molecule has 0 aliphatic carbocycles. The monoisotopic (exact) mass is 355 g/mol. The van der Waals surface area contributed by atoms with Crippen molar-refractivity contribution in [2.75, 3.05) is 34.4 Å². The lowest BCUT2D eigenvalue weighted by Crippen LogP contribution is -2.28. The smallest absolute Gasteiger partial charge is 0.161 e. The van der Waals surface area contributed by atoms with Gasteiger partial charge in [-0.25, -0.2) is 0 Å². The quantitative estimate of drug-likeness (QED) is 0.826. The minimum absolute atomic E-state index is 0.433. The molecule has 26 heavy (non-hydrogen) atoms. The summed E-state index contributed by atoms with van der Waals surface area (Å²) in [4.78, 5) is 6.74. The molecule has 1 aromatic heterocycles. The zero-order valence-corrected chi connectivity index (χ0v) is 16.2. The fraction of sp³-hybridized carbons (Fsp3) is 0.476. The van der Waals surface area contributed by atoms with Gasteiger partial charge in [-0.05, 0) is 67.7 Å². The molecule has 1 aliphatic rings. The third-order valence-electron chi connectivity index (χ3n) is 5.36. The van der Waals surface area contributed by atoms with Crippen molar-refractivity contribution >= 4 is 0 Å². The van der Waals surface area contributed by atoms with Gasteiger partial charge in [0.2, 0.25) is 0 Å². The minimum Gasteiger partial charge on any atom is -0.493 e. The summed E-state index contributed by atoms with van der Waals surface area (Å²) in [7, 11) is 5.55. The summed E-state index contributed by atoms with van der Waals surface area (Å²) >= 11 is 0.